The van der Waals surface area contributed by atoms with Gasteiger partial charge < -0.3 is 5.73 Å². The van der Waals surface area contributed by atoms with E-state index in [1.807, 2.05) is 42.2 Å². The lowest BCUT2D eigenvalue weighted by Gasteiger charge is -2.27. The van der Waals surface area contributed by atoms with E-state index in [9.17, 15) is 0 Å². The van der Waals surface area contributed by atoms with Gasteiger partial charge in [0.05, 0.1) is 16.9 Å². The van der Waals surface area contributed by atoms with Crippen molar-refractivity contribution in [3.05, 3.63) is 71.7 Å². The molecule has 0 radical (unpaired) electrons. The summed E-state index contributed by atoms with van der Waals surface area (Å²) in [6.07, 6.45) is 2.89. The zero-order valence-electron chi connectivity index (χ0n) is 15.8. The van der Waals surface area contributed by atoms with Gasteiger partial charge in [0.25, 0.3) is 0 Å². The third kappa shape index (κ3) is 3.01. The molecule has 0 spiro atoms. The number of para-hydroxylation sites is 1. The van der Waals surface area contributed by atoms with Crippen LogP contribution in [0, 0.1) is 0 Å². The van der Waals surface area contributed by atoms with Crippen LogP contribution in [0.1, 0.15) is 17.0 Å². The number of fused-ring (bicyclic) bond motifs is 2. The summed E-state index contributed by atoms with van der Waals surface area (Å²) in [6, 6.07) is 16.1. The number of hydrogen-bond acceptors (Lipinski definition) is 5. The van der Waals surface area contributed by atoms with Gasteiger partial charge in [0.15, 0.2) is 5.82 Å². The predicted molar refractivity (Wildman–Crippen MR) is 110 cm³/mol. The number of benzene rings is 2. The Hall–Kier alpha value is -3.25. The molecule has 6 nitrogen and oxygen atoms in total. The lowest BCUT2D eigenvalue weighted by molar-refractivity contribution is 0.240. The van der Waals surface area contributed by atoms with Crippen molar-refractivity contribution in [2.24, 2.45) is 7.05 Å². The van der Waals surface area contributed by atoms with Crippen molar-refractivity contribution >= 4 is 16.6 Å². The van der Waals surface area contributed by atoms with Gasteiger partial charge in [0.2, 0.25) is 0 Å². The first kappa shape index (κ1) is 16.9. The van der Waals surface area contributed by atoms with Gasteiger partial charge in [-0.3, -0.25) is 9.58 Å². The Morgan fingerprint density at radius 2 is 1.89 bits per heavy atom. The maximum atomic E-state index is 5.78. The lowest BCUT2D eigenvalue weighted by Crippen LogP contribution is -2.31. The van der Waals surface area contributed by atoms with E-state index in [0.717, 1.165) is 54.5 Å². The Bertz CT molecular complexity index is 1150. The van der Waals surface area contributed by atoms with Gasteiger partial charge in [-0.05, 0) is 30.3 Å². The second-order valence-corrected chi connectivity index (χ2v) is 7.34. The van der Waals surface area contributed by atoms with Gasteiger partial charge in [-0.15, -0.1) is 0 Å². The van der Waals surface area contributed by atoms with Crippen LogP contribution in [0.5, 0.6) is 0 Å². The molecule has 0 bridgehead atoms. The van der Waals surface area contributed by atoms with E-state index in [0.29, 0.717) is 0 Å². The maximum absolute atomic E-state index is 5.78. The number of rotatable bonds is 3. The lowest BCUT2D eigenvalue weighted by atomic mass is 10.1. The summed E-state index contributed by atoms with van der Waals surface area (Å²) in [4.78, 5) is 11.8. The zero-order chi connectivity index (χ0) is 19.1. The maximum Gasteiger partial charge on any atom is 0.159 e. The first-order valence-corrected chi connectivity index (χ1v) is 9.51. The first-order chi connectivity index (χ1) is 13.7. The van der Waals surface area contributed by atoms with Crippen molar-refractivity contribution < 1.29 is 0 Å². The average Bonchev–Trinajstić information content (AvgIpc) is 3.04. The molecule has 0 amide bonds. The molecule has 0 fully saturated rings. The summed E-state index contributed by atoms with van der Waals surface area (Å²) >= 11 is 0. The van der Waals surface area contributed by atoms with Crippen LogP contribution in [-0.4, -0.2) is 31.2 Å². The molecule has 1 aliphatic rings. The number of nitrogen functional groups attached to an aromatic ring is 1. The number of aryl methyl sites for hydroxylation is 1. The first-order valence-electron chi connectivity index (χ1n) is 9.51. The van der Waals surface area contributed by atoms with Crippen molar-refractivity contribution in [1.82, 2.24) is 24.6 Å². The fraction of sp³-hybridized carbons (Fsp3) is 0.227. The zero-order valence-corrected chi connectivity index (χ0v) is 15.8. The number of nitrogens with zero attached hydrogens (tertiary/aromatic N) is 5. The minimum Gasteiger partial charge on any atom is -0.399 e. The van der Waals surface area contributed by atoms with Crippen LogP contribution < -0.4 is 5.73 Å². The Labute approximate surface area is 163 Å². The van der Waals surface area contributed by atoms with E-state index in [2.05, 4.69) is 34.1 Å². The van der Waals surface area contributed by atoms with E-state index in [-0.39, 0.29) is 0 Å². The number of hydrogen-bond donors (Lipinski definition) is 1. The summed E-state index contributed by atoms with van der Waals surface area (Å²) in [5.74, 6) is 0.767. The van der Waals surface area contributed by atoms with Crippen LogP contribution in [0.3, 0.4) is 0 Å². The van der Waals surface area contributed by atoms with Crippen LogP contribution in [0.25, 0.3) is 22.3 Å². The van der Waals surface area contributed by atoms with E-state index >= 15 is 0 Å². The fourth-order valence-corrected chi connectivity index (χ4v) is 3.90. The Balaban J connectivity index is 1.37. The molecule has 0 saturated carbocycles. The molecule has 5 rings (SSSR count). The smallest absolute Gasteiger partial charge is 0.159 e. The summed E-state index contributed by atoms with van der Waals surface area (Å²) in [6.45, 7) is 2.65. The molecule has 28 heavy (non-hydrogen) atoms. The standard InChI is InChI=1S/C22H22N6/c1-27-21-5-3-2-4-18(21)20(26-27)14-28-11-10-19-16(13-28)12-24-22(25-19)15-6-8-17(23)9-7-15/h2-9,12H,10-11,13-14,23H2,1H3. The molecular weight excluding hydrogens is 348 g/mol. The largest absolute Gasteiger partial charge is 0.399 e. The fourth-order valence-electron chi connectivity index (χ4n) is 3.90. The predicted octanol–water partition coefficient (Wildman–Crippen LogP) is 3.17. The summed E-state index contributed by atoms with van der Waals surface area (Å²) < 4.78 is 1.96. The van der Waals surface area contributed by atoms with Crippen LogP contribution in [-0.2, 0) is 26.6 Å². The third-order valence-electron chi connectivity index (χ3n) is 5.39. The van der Waals surface area contributed by atoms with E-state index in [1.165, 1.54) is 16.5 Å². The molecular formula is C22H22N6. The summed E-state index contributed by atoms with van der Waals surface area (Å²) in [5.41, 5.74) is 12.2. The second-order valence-electron chi connectivity index (χ2n) is 7.34. The van der Waals surface area contributed by atoms with Gasteiger partial charge >= 0.3 is 0 Å². The molecule has 2 aromatic heterocycles. The van der Waals surface area contributed by atoms with E-state index < -0.39 is 0 Å². The van der Waals surface area contributed by atoms with Gasteiger partial charge in [-0.2, -0.15) is 5.10 Å². The molecule has 6 heteroatoms. The highest BCUT2D eigenvalue weighted by atomic mass is 15.3. The minimum atomic E-state index is 0.749. The van der Waals surface area contributed by atoms with E-state index in [4.69, 9.17) is 15.8 Å². The van der Waals surface area contributed by atoms with Crippen LogP contribution in [0.15, 0.2) is 54.7 Å². The molecule has 0 saturated heterocycles. The van der Waals surface area contributed by atoms with Crippen molar-refractivity contribution in [3.63, 3.8) is 0 Å². The van der Waals surface area contributed by atoms with E-state index in [1.54, 1.807) is 0 Å². The SMILES string of the molecule is Cn1nc(CN2CCc3nc(-c4ccc(N)cc4)ncc3C2)c2ccccc21. The topological polar surface area (TPSA) is 72.9 Å². The molecule has 3 heterocycles. The molecule has 2 aromatic carbocycles. The highest BCUT2D eigenvalue weighted by molar-refractivity contribution is 5.81. The summed E-state index contributed by atoms with van der Waals surface area (Å²) in [5, 5.41) is 5.96. The monoisotopic (exact) mass is 370 g/mol. The molecule has 0 aliphatic carbocycles. The Kier molecular flexibility index (Phi) is 4.06. The number of aromatic nitrogens is 4. The number of anilines is 1. The summed E-state index contributed by atoms with van der Waals surface area (Å²) in [7, 11) is 2.00. The Morgan fingerprint density at radius 3 is 2.75 bits per heavy atom. The molecule has 140 valence electrons. The third-order valence-corrected chi connectivity index (χ3v) is 5.39. The van der Waals surface area contributed by atoms with Gasteiger partial charge in [-0.1, -0.05) is 18.2 Å². The van der Waals surface area contributed by atoms with Gasteiger partial charge in [0, 0.05) is 61.5 Å². The van der Waals surface area contributed by atoms with Crippen LogP contribution >= 0.6 is 0 Å². The van der Waals surface area contributed by atoms with Crippen molar-refractivity contribution in [1.29, 1.82) is 0 Å². The van der Waals surface area contributed by atoms with Crippen molar-refractivity contribution in [2.75, 3.05) is 12.3 Å². The molecule has 0 atom stereocenters. The molecule has 4 aromatic rings. The van der Waals surface area contributed by atoms with Crippen molar-refractivity contribution in [3.8, 4) is 11.4 Å². The normalized spacial score (nSPS) is 14.3. The second kappa shape index (κ2) is 6.73. The highest BCUT2D eigenvalue weighted by Crippen LogP contribution is 2.24. The van der Waals surface area contributed by atoms with Crippen LogP contribution in [0.2, 0.25) is 0 Å². The Morgan fingerprint density at radius 1 is 1.07 bits per heavy atom. The average molecular weight is 370 g/mol. The van der Waals surface area contributed by atoms with Crippen molar-refractivity contribution in [2.45, 2.75) is 19.5 Å². The van der Waals surface area contributed by atoms with Gasteiger partial charge in [0.1, 0.15) is 0 Å². The number of nitrogens with two attached hydrogens (primary N) is 1. The molecule has 1 aliphatic heterocycles. The minimum absolute atomic E-state index is 0.749. The molecule has 0 unspecified atom stereocenters. The van der Waals surface area contributed by atoms with Crippen LogP contribution in [0.4, 0.5) is 5.69 Å². The molecule has 2 N–H and O–H groups in total. The van der Waals surface area contributed by atoms with Gasteiger partial charge in [-0.25, -0.2) is 9.97 Å². The highest BCUT2D eigenvalue weighted by Gasteiger charge is 2.20. The quantitative estimate of drug-likeness (QED) is 0.561.